The van der Waals surface area contributed by atoms with Gasteiger partial charge in [-0.25, -0.2) is 0 Å². The number of hydrogen-bond acceptors (Lipinski definition) is 6. The molecule has 1 saturated heterocycles. The first kappa shape index (κ1) is 24.4. The van der Waals surface area contributed by atoms with Crippen LogP contribution in [0.3, 0.4) is 0 Å². The molecule has 0 unspecified atom stereocenters. The fourth-order valence-corrected chi connectivity index (χ4v) is 3.51. The first-order valence-electron chi connectivity index (χ1n) is 11.1. The van der Waals surface area contributed by atoms with E-state index in [4.69, 9.17) is 18.9 Å². The third-order valence-corrected chi connectivity index (χ3v) is 5.23. The molecule has 0 amide bonds. The quantitative estimate of drug-likeness (QED) is 0.692. The molecule has 30 heavy (non-hydrogen) atoms. The number of ether oxygens (including phenoxy) is 4. The van der Waals surface area contributed by atoms with Crippen molar-refractivity contribution in [1.82, 2.24) is 9.80 Å². The summed E-state index contributed by atoms with van der Waals surface area (Å²) in [6.07, 6.45) is 17.0. The molecule has 166 valence electrons. The van der Waals surface area contributed by atoms with E-state index in [0.29, 0.717) is 52.9 Å². The van der Waals surface area contributed by atoms with Gasteiger partial charge in [-0.05, 0) is 63.2 Å². The van der Waals surface area contributed by atoms with Gasteiger partial charge in [-0.2, -0.15) is 0 Å². The first-order chi connectivity index (χ1) is 14.9. The van der Waals surface area contributed by atoms with E-state index in [1.54, 1.807) is 0 Å². The van der Waals surface area contributed by atoms with Crippen LogP contribution in [-0.2, 0) is 18.9 Å². The minimum absolute atomic E-state index is 0.632. The van der Waals surface area contributed by atoms with Crippen molar-refractivity contribution >= 4 is 0 Å². The maximum atomic E-state index is 5.80. The molecular formula is C24H36N2O4. The minimum Gasteiger partial charge on any atom is -0.378 e. The highest BCUT2D eigenvalue weighted by atomic mass is 16.5. The van der Waals surface area contributed by atoms with Crippen molar-refractivity contribution in [3.63, 3.8) is 0 Å². The van der Waals surface area contributed by atoms with Crippen molar-refractivity contribution in [2.24, 2.45) is 0 Å². The topological polar surface area (TPSA) is 43.4 Å². The van der Waals surface area contributed by atoms with E-state index in [2.05, 4.69) is 61.2 Å². The molecule has 10 radical (unpaired) electrons. The zero-order chi connectivity index (χ0) is 20.7. The zero-order valence-corrected chi connectivity index (χ0v) is 18.0. The summed E-state index contributed by atoms with van der Waals surface area (Å²) in [4.78, 5) is 4.75. The molecule has 3 aliphatic rings. The van der Waals surface area contributed by atoms with Crippen LogP contribution < -0.4 is 0 Å². The maximum absolute atomic E-state index is 5.80. The molecule has 1 heterocycles. The molecule has 6 nitrogen and oxygen atoms in total. The largest absolute Gasteiger partial charge is 0.378 e. The Labute approximate surface area is 184 Å². The SMILES string of the molecule is [CH]1[CH][CH][C](CN2CCOCCOCCN(C[C]3[CH][CH][CH][CH]3)CCOCCOCC2)[CH]1. The van der Waals surface area contributed by atoms with E-state index < -0.39 is 0 Å². The molecular weight excluding hydrogens is 380 g/mol. The van der Waals surface area contributed by atoms with Crippen LogP contribution in [-0.4, -0.2) is 102 Å². The van der Waals surface area contributed by atoms with Crippen LogP contribution in [0.15, 0.2) is 0 Å². The van der Waals surface area contributed by atoms with Crippen molar-refractivity contribution in [3.8, 4) is 0 Å². The normalized spacial score (nSPS) is 27.2. The van der Waals surface area contributed by atoms with E-state index >= 15 is 0 Å². The average molecular weight is 417 g/mol. The molecule has 0 N–H and O–H groups in total. The second-order valence-corrected chi connectivity index (χ2v) is 7.59. The second-order valence-electron chi connectivity index (χ2n) is 7.59. The summed E-state index contributed by atoms with van der Waals surface area (Å²) >= 11 is 0. The van der Waals surface area contributed by atoms with Crippen LogP contribution in [0.4, 0.5) is 0 Å². The maximum Gasteiger partial charge on any atom is 0.0701 e. The highest BCUT2D eigenvalue weighted by Gasteiger charge is 2.21. The molecule has 0 atom stereocenters. The molecule has 0 spiro atoms. The molecule has 0 aromatic rings. The van der Waals surface area contributed by atoms with Gasteiger partial charge in [0, 0.05) is 39.3 Å². The fourth-order valence-electron chi connectivity index (χ4n) is 3.51. The Morgan fingerprint density at radius 1 is 0.467 bits per heavy atom. The Balaban J connectivity index is 1.36. The smallest absolute Gasteiger partial charge is 0.0701 e. The van der Waals surface area contributed by atoms with E-state index in [9.17, 15) is 0 Å². The fraction of sp³-hybridized carbons (Fsp3) is 0.583. The third-order valence-electron chi connectivity index (χ3n) is 5.23. The monoisotopic (exact) mass is 416 g/mol. The van der Waals surface area contributed by atoms with Gasteiger partial charge in [-0.3, -0.25) is 9.80 Å². The molecule has 0 aromatic carbocycles. The van der Waals surface area contributed by atoms with Gasteiger partial charge < -0.3 is 18.9 Å². The lowest BCUT2D eigenvalue weighted by molar-refractivity contribution is 0.00943. The zero-order valence-electron chi connectivity index (χ0n) is 18.0. The Bertz CT molecular complexity index is 356. The van der Waals surface area contributed by atoms with Crippen molar-refractivity contribution in [1.29, 1.82) is 0 Å². The highest BCUT2D eigenvalue weighted by molar-refractivity contribution is 5.36. The van der Waals surface area contributed by atoms with E-state index in [0.717, 1.165) is 39.3 Å². The summed E-state index contributed by atoms with van der Waals surface area (Å²) < 4.78 is 23.2. The van der Waals surface area contributed by atoms with Crippen LogP contribution in [0.25, 0.3) is 0 Å². The van der Waals surface area contributed by atoms with Crippen molar-refractivity contribution < 1.29 is 18.9 Å². The Morgan fingerprint density at radius 2 is 0.767 bits per heavy atom. The van der Waals surface area contributed by atoms with Gasteiger partial charge in [-0.15, -0.1) is 0 Å². The van der Waals surface area contributed by atoms with Crippen LogP contribution in [0.1, 0.15) is 0 Å². The molecule has 0 bridgehead atoms. The van der Waals surface area contributed by atoms with E-state index in [1.165, 1.54) is 11.8 Å². The van der Waals surface area contributed by atoms with Gasteiger partial charge in [0.1, 0.15) is 0 Å². The van der Waals surface area contributed by atoms with E-state index in [-0.39, 0.29) is 0 Å². The summed E-state index contributed by atoms with van der Waals surface area (Å²) in [7, 11) is 0. The summed E-state index contributed by atoms with van der Waals surface area (Å²) in [5, 5.41) is 0. The molecule has 0 aromatic heterocycles. The standard InChI is InChI=1S/C24H36N2O4/c1-2-6-23(5-1)21-25-9-13-27-17-19-29-15-11-26(22-24-7-3-4-8-24)12-16-30-20-18-28-14-10-25/h1-8H,9-22H2. The molecule has 3 fully saturated rings. The third kappa shape index (κ3) is 10.4. The first-order valence-corrected chi connectivity index (χ1v) is 11.1. The average Bonchev–Trinajstić information content (AvgIpc) is 3.45. The second kappa shape index (κ2) is 15.5. The van der Waals surface area contributed by atoms with Gasteiger partial charge in [0.25, 0.3) is 0 Å². The van der Waals surface area contributed by atoms with Crippen molar-refractivity contribution in [2.75, 3.05) is 92.1 Å². The van der Waals surface area contributed by atoms with E-state index in [1.807, 2.05) is 0 Å². The summed E-state index contributed by atoms with van der Waals surface area (Å²) in [5.74, 6) is 2.66. The van der Waals surface area contributed by atoms with Crippen LogP contribution in [0, 0.1) is 63.2 Å². The van der Waals surface area contributed by atoms with Crippen molar-refractivity contribution in [3.05, 3.63) is 63.2 Å². The summed E-state index contributed by atoms with van der Waals surface area (Å²) in [6.45, 7) is 10.7. The van der Waals surface area contributed by atoms with Crippen LogP contribution in [0.2, 0.25) is 0 Å². The number of rotatable bonds is 4. The van der Waals surface area contributed by atoms with Gasteiger partial charge >= 0.3 is 0 Å². The highest BCUT2D eigenvalue weighted by Crippen LogP contribution is 2.24. The lowest BCUT2D eigenvalue weighted by atomic mass is 10.1. The van der Waals surface area contributed by atoms with Gasteiger partial charge in [-0.1, -0.05) is 0 Å². The lowest BCUT2D eigenvalue weighted by Gasteiger charge is -2.26. The van der Waals surface area contributed by atoms with Gasteiger partial charge in [0.2, 0.25) is 0 Å². The summed E-state index contributed by atoms with van der Waals surface area (Å²) in [5.41, 5.74) is 0. The molecule has 6 heteroatoms. The lowest BCUT2D eigenvalue weighted by Crippen LogP contribution is -2.36. The Morgan fingerprint density at radius 3 is 1.07 bits per heavy atom. The van der Waals surface area contributed by atoms with Crippen molar-refractivity contribution in [2.45, 2.75) is 0 Å². The predicted octanol–water partition coefficient (Wildman–Crippen LogP) is 1.48. The van der Waals surface area contributed by atoms with Crippen LogP contribution in [0.5, 0.6) is 0 Å². The Kier molecular flexibility index (Phi) is 12.6. The van der Waals surface area contributed by atoms with Gasteiger partial charge in [0.15, 0.2) is 0 Å². The molecule has 3 rings (SSSR count). The Hall–Kier alpha value is -0.240. The predicted molar refractivity (Wildman–Crippen MR) is 117 cm³/mol. The number of nitrogens with zero attached hydrogens (tertiary/aromatic N) is 2. The minimum atomic E-state index is 0.632. The molecule has 2 aliphatic carbocycles. The molecule has 2 saturated carbocycles. The van der Waals surface area contributed by atoms with Gasteiger partial charge in [0.05, 0.1) is 52.9 Å². The van der Waals surface area contributed by atoms with Crippen LogP contribution >= 0.6 is 0 Å². The number of hydrogen-bond donors (Lipinski definition) is 0. The molecule has 1 aliphatic heterocycles. The summed E-state index contributed by atoms with van der Waals surface area (Å²) in [6, 6.07) is 0.